The molecule has 11 heteroatoms. The molecule has 4 nitrogen and oxygen atoms in total. The molecule has 1 aromatic rings. The molecule has 2 amide bonds. The minimum atomic E-state index is -6.14. The summed E-state index contributed by atoms with van der Waals surface area (Å²) in [6.45, 7) is 1.60. The van der Waals surface area contributed by atoms with Gasteiger partial charge in [-0.25, -0.2) is 9.18 Å². The second kappa shape index (κ2) is 8.32. The number of urea groups is 1. The Morgan fingerprint density at radius 3 is 2.24 bits per heavy atom. The maximum Gasteiger partial charge on any atom is 0.435 e. The summed E-state index contributed by atoms with van der Waals surface area (Å²) < 4.78 is 98.7. The van der Waals surface area contributed by atoms with Crippen molar-refractivity contribution in [1.29, 1.82) is 0 Å². The highest BCUT2D eigenvalue weighted by molar-refractivity contribution is 5.75. The Hall–Kier alpha value is -2.04. The zero-order valence-electron chi connectivity index (χ0n) is 18.0. The molecule has 2 saturated heterocycles. The van der Waals surface area contributed by atoms with E-state index >= 15 is 0 Å². The Labute approximate surface area is 186 Å². The molecule has 184 valence electrons. The van der Waals surface area contributed by atoms with Crippen LogP contribution in [0.5, 0.6) is 0 Å². The van der Waals surface area contributed by atoms with Gasteiger partial charge in [-0.05, 0) is 43.2 Å². The number of aryl methyl sites for hydroxylation is 1. The van der Waals surface area contributed by atoms with E-state index in [1.54, 1.807) is 16.8 Å². The van der Waals surface area contributed by atoms with Crippen LogP contribution >= 0.6 is 0 Å². The van der Waals surface area contributed by atoms with Gasteiger partial charge in [0.2, 0.25) is 0 Å². The van der Waals surface area contributed by atoms with Crippen molar-refractivity contribution < 1.29 is 40.3 Å². The summed E-state index contributed by atoms with van der Waals surface area (Å²) in [5.41, 5.74) is -6.03. The van der Waals surface area contributed by atoms with E-state index < -0.39 is 23.6 Å². The van der Waals surface area contributed by atoms with Gasteiger partial charge in [0.15, 0.2) is 0 Å². The zero-order chi connectivity index (χ0) is 24.2. The van der Waals surface area contributed by atoms with Crippen LogP contribution in [0.25, 0.3) is 0 Å². The Bertz CT molecular complexity index is 882. The number of hydrogen-bond acceptors (Lipinski definition) is 2. The minimum Gasteiger partial charge on any atom is -0.381 e. The molecule has 0 radical (unpaired) electrons. The predicted molar refractivity (Wildman–Crippen MR) is 105 cm³/mol. The third-order valence-corrected chi connectivity index (χ3v) is 7.26. The standard InChI is InChI=1S/C22H25F7N2O2/c1-30(15-7-10-33-11-8-15)19(32)31-9-6-17-16-4-3-14(12-13(16)2-5-18(17)31)20(23,21(24,25)26)22(27,28)29/h3-4,12,15,17-18H,2,5-11H2,1H3. The molecule has 2 heterocycles. The normalized spacial score (nSPS) is 24.4. The monoisotopic (exact) mass is 482 g/mol. The predicted octanol–water partition coefficient (Wildman–Crippen LogP) is 5.31. The highest BCUT2D eigenvalue weighted by atomic mass is 19.4. The minimum absolute atomic E-state index is 0.0612. The summed E-state index contributed by atoms with van der Waals surface area (Å²) in [6, 6.07) is 2.19. The van der Waals surface area contributed by atoms with Gasteiger partial charge in [-0.2, -0.15) is 26.3 Å². The van der Waals surface area contributed by atoms with E-state index in [0.717, 1.165) is 12.8 Å². The van der Waals surface area contributed by atoms with Crippen LogP contribution in [0.3, 0.4) is 0 Å². The van der Waals surface area contributed by atoms with Gasteiger partial charge in [0.25, 0.3) is 0 Å². The van der Waals surface area contributed by atoms with E-state index in [2.05, 4.69) is 0 Å². The number of fused-ring (bicyclic) bond motifs is 3. The van der Waals surface area contributed by atoms with E-state index in [1.807, 2.05) is 0 Å². The average molecular weight is 482 g/mol. The first kappa shape index (κ1) is 24.1. The molecule has 33 heavy (non-hydrogen) atoms. The fourth-order valence-electron chi connectivity index (χ4n) is 5.43. The molecule has 2 atom stereocenters. The Morgan fingerprint density at radius 1 is 1.00 bits per heavy atom. The van der Waals surface area contributed by atoms with Crippen molar-refractivity contribution >= 4 is 6.03 Å². The third-order valence-electron chi connectivity index (χ3n) is 7.26. The molecule has 0 saturated carbocycles. The molecule has 0 N–H and O–H groups in total. The number of rotatable bonds is 2. The van der Waals surface area contributed by atoms with Gasteiger partial charge in [0.1, 0.15) is 0 Å². The molecule has 1 aromatic carbocycles. The topological polar surface area (TPSA) is 32.8 Å². The third kappa shape index (κ3) is 3.95. The van der Waals surface area contributed by atoms with Crippen molar-refractivity contribution in [2.24, 2.45) is 0 Å². The van der Waals surface area contributed by atoms with Gasteiger partial charge in [-0.1, -0.05) is 18.2 Å². The van der Waals surface area contributed by atoms with Crippen molar-refractivity contribution in [3.63, 3.8) is 0 Å². The van der Waals surface area contributed by atoms with E-state index in [4.69, 9.17) is 4.74 Å². The fourth-order valence-corrected chi connectivity index (χ4v) is 5.43. The van der Waals surface area contributed by atoms with Crippen LogP contribution in [-0.4, -0.2) is 67.1 Å². The summed E-state index contributed by atoms with van der Waals surface area (Å²) in [5.74, 6) is -0.208. The van der Waals surface area contributed by atoms with Crippen LogP contribution < -0.4 is 0 Å². The van der Waals surface area contributed by atoms with Crippen LogP contribution in [0.1, 0.15) is 48.3 Å². The number of alkyl halides is 7. The van der Waals surface area contributed by atoms with Crippen LogP contribution in [-0.2, 0) is 16.8 Å². The molecule has 2 unspecified atom stereocenters. The van der Waals surface area contributed by atoms with Crippen LogP contribution in [0.15, 0.2) is 18.2 Å². The average Bonchev–Trinajstić information content (AvgIpc) is 3.20. The summed E-state index contributed by atoms with van der Waals surface area (Å²) in [4.78, 5) is 16.6. The maximum atomic E-state index is 14.5. The second-order valence-corrected chi connectivity index (χ2v) is 9.00. The Kier molecular flexibility index (Phi) is 6.07. The first-order chi connectivity index (χ1) is 15.4. The van der Waals surface area contributed by atoms with Gasteiger partial charge in [-0.15, -0.1) is 0 Å². The van der Waals surface area contributed by atoms with E-state index in [1.165, 1.54) is 6.07 Å². The molecule has 2 aliphatic heterocycles. The number of halogens is 7. The zero-order valence-corrected chi connectivity index (χ0v) is 18.0. The van der Waals surface area contributed by atoms with Gasteiger partial charge in [0.05, 0.1) is 0 Å². The molecule has 0 bridgehead atoms. The lowest BCUT2D eigenvalue weighted by molar-refractivity contribution is -0.348. The molecule has 3 aliphatic rings. The molecule has 0 aromatic heterocycles. The largest absolute Gasteiger partial charge is 0.435 e. The number of benzene rings is 1. The first-order valence-corrected chi connectivity index (χ1v) is 10.9. The first-order valence-electron chi connectivity index (χ1n) is 10.9. The van der Waals surface area contributed by atoms with Gasteiger partial charge >= 0.3 is 24.1 Å². The van der Waals surface area contributed by atoms with Crippen LogP contribution in [0.2, 0.25) is 0 Å². The fraction of sp³-hybridized carbons (Fsp3) is 0.682. The number of carbonyl (C=O) groups excluding carboxylic acids is 1. The molecule has 4 rings (SSSR count). The molecule has 1 aliphatic carbocycles. The SMILES string of the molecule is CN(C(=O)N1CCC2c3ccc(C(F)(C(F)(F)F)C(F)(F)F)cc3CCC21)C1CCOCC1. The quantitative estimate of drug-likeness (QED) is 0.536. The second-order valence-electron chi connectivity index (χ2n) is 9.00. The maximum absolute atomic E-state index is 14.5. The molecule has 2 fully saturated rings. The van der Waals surface area contributed by atoms with E-state index in [-0.39, 0.29) is 36.0 Å². The summed E-state index contributed by atoms with van der Waals surface area (Å²) in [7, 11) is 1.74. The molecular formula is C22H25F7N2O2. The smallest absolute Gasteiger partial charge is 0.381 e. The number of ether oxygens (including phenoxy) is 1. The summed E-state index contributed by atoms with van der Waals surface area (Å²) >= 11 is 0. The lowest BCUT2D eigenvalue weighted by Gasteiger charge is -2.39. The highest BCUT2D eigenvalue weighted by Gasteiger charge is 2.73. The number of nitrogens with zero attached hydrogens (tertiary/aromatic N) is 2. The highest BCUT2D eigenvalue weighted by Crippen LogP contribution is 2.54. The summed E-state index contributed by atoms with van der Waals surface area (Å²) in [5, 5.41) is 0. The van der Waals surface area contributed by atoms with E-state index in [0.29, 0.717) is 50.3 Å². The van der Waals surface area contributed by atoms with Crippen molar-refractivity contribution in [3.8, 4) is 0 Å². The van der Waals surface area contributed by atoms with Gasteiger partial charge < -0.3 is 14.5 Å². The van der Waals surface area contributed by atoms with Crippen LogP contribution in [0.4, 0.5) is 35.5 Å². The number of carbonyl (C=O) groups is 1. The lowest BCUT2D eigenvalue weighted by atomic mass is 9.77. The van der Waals surface area contributed by atoms with Crippen molar-refractivity contribution in [2.45, 2.75) is 68.1 Å². The van der Waals surface area contributed by atoms with E-state index in [9.17, 15) is 35.5 Å². The summed E-state index contributed by atoms with van der Waals surface area (Å²) in [6.07, 6.45) is -9.70. The van der Waals surface area contributed by atoms with Gasteiger partial charge in [0, 0.05) is 50.4 Å². The lowest BCUT2D eigenvalue weighted by Crippen LogP contribution is -2.51. The van der Waals surface area contributed by atoms with Crippen molar-refractivity contribution in [2.75, 3.05) is 26.8 Å². The van der Waals surface area contributed by atoms with Gasteiger partial charge in [-0.3, -0.25) is 0 Å². The Balaban J connectivity index is 1.57. The number of likely N-dealkylation sites (tertiary alicyclic amines) is 1. The van der Waals surface area contributed by atoms with Crippen molar-refractivity contribution in [1.82, 2.24) is 9.80 Å². The van der Waals surface area contributed by atoms with Crippen LogP contribution in [0, 0.1) is 0 Å². The number of amides is 2. The van der Waals surface area contributed by atoms with Crippen molar-refractivity contribution in [3.05, 3.63) is 34.9 Å². The molecular weight excluding hydrogens is 457 g/mol. The Morgan fingerprint density at radius 2 is 1.64 bits per heavy atom. The number of hydrogen-bond donors (Lipinski definition) is 0. The molecule has 0 spiro atoms.